The maximum atomic E-state index is 12.4. The van der Waals surface area contributed by atoms with Gasteiger partial charge < -0.3 is 20.3 Å². The zero-order valence-corrected chi connectivity index (χ0v) is 15.0. The summed E-state index contributed by atoms with van der Waals surface area (Å²) in [5, 5.41) is 5.86. The molecule has 134 valence electrons. The lowest BCUT2D eigenvalue weighted by atomic mass is 10.2. The molecular weight excluding hydrogens is 318 g/mol. The molecule has 0 saturated heterocycles. The number of nitrogens with one attached hydrogen (secondary N) is 2. The fourth-order valence-electron chi connectivity index (χ4n) is 2.37. The van der Waals surface area contributed by atoms with Gasteiger partial charge in [0.05, 0.1) is 6.61 Å². The van der Waals surface area contributed by atoms with Crippen LogP contribution in [0.25, 0.3) is 0 Å². The minimum Gasteiger partial charge on any atom is -0.383 e. The molecule has 7 nitrogen and oxygen atoms in total. The van der Waals surface area contributed by atoms with Crippen LogP contribution in [0.2, 0.25) is 0 Å². The number of hydrogen-bond acceptors (Lipinski definition) is 6. The van der Waals surface area contributed by atoms with E-state index in [9.17, 15) is 4.79 Å². The summed E-state index contributed by atoms with van der Waals surface area (Å²) in [7, 11) is 1.62. The van der Waals surface area contributed by atoms with E-state index in [4.69, 9.17) is 4.74 Å². The molecule has 2 N–H and O–H groups in total. The van der Waals surface area contributed by atoms with Crippen molar-refractivity contribution in [3.05, 3.63) is 42.2 Å². The summed E-state index contributed by atoms with van der Waals surface area (Å²) in [5.74, 6) is 0.134. The van der Waals surface area contributed by atoms with Crippen LogP contribution in [-0.2, 0) is 4.74 Å². The standard InChI is InChI=1S/C18H25N5O2/c1-4-23(5-2)15-8-6-14(7-9-15)21-17(24)16-10-11-19-18(22-16)20-12-13-25-3/h6-11H,4-5,12-13H2,1-3H3,(H,21,24)(H,19,20,22). The first-order chi connectivity index (χ1) is 12.2. The van der Waals surface area contributed by atoms with Crippen molar-refractivity contribution in [1.82, 2.24) is 9.97 Å². The molecular formula is C18H25N5O2. The van der Waals surface area contributed by atoms with Gasteiger partial charge in [0, 0.05) is 44.3 Å². The fourth-order valence-corrected chi connectivity index (χ4v) is 2.37. The molecule has 0 aliphatic heterocycles. The average Bonchev–Trinajstić information content (AvgIpc) is 2.64. The summed E-state index contributed by atoms with van der Waals surface area (Å²) in [6.07, 6.45) is 1.56. The molecule has 0 saturated carbocycles. The van der Waals surface area contributed by atoms with Gasteiger partial charge in [0.1, 0.15) is 5.69 Å². The Bertz CT molecular complexity index is 671. The van der Waals surface area contributed by atoms with E-state index in [2.05, 4.69) is 39.3 Å². The summed E-state index contributed by atoms with van der Waals surface area (Å²) < 4.78 is 4.96. The van der Waals surface area contributed by atoms with Gasteiger partial charge in [-0.05, 0) is 44.2 Å². The van der Waals surface area contributed by atoms with Crippen LogP contribution in [0, 0.1) is 0 Å². The number of aromatic nitrogens is 2. The van der Waals surface area contributed by atoms with E-state index in [1.54, 1.807) is 19.4 Å². The molecule has 1 amide bonds. The Morgan fingerprint density at radius 3 is 2.52 bits per heavy atom. The number of carbonyl (C=O) groups is 1. The summed E-state index contributed by atoms with van der Waals surface area (Å²) in [6.45, 7) is 7.25. The van der Waals surface area contributed by atoms with Crippen molar-refractivity contribution < 1.29 is 9.53 Å². The zero-order valence-electron chi connectivity index (χ0n) is 15.0. The first kappa shape index (κ1) is 18.7. The van der Waals surface area contributed by atoms with E-state index < -0.39 is 0 Å². The summed E-state index contributed by atoms with van der Waals surface area (Å²) in [5.41, 5.74) is 2.17. The molecule has 0 aliphatic carbocycles. The number of carbonyl (C=O) groups excluding carboxylic acids is 1. The Balaban J connectivity index is 2.00. The molecule has 0 bridgehead atoms. The van der Waals surface area contributed by atoms with Crippen LogP contribution in [0.15, 0.2) is 36.5 Å². The van der Waals surface area contributed by atoms with Crippen molar-refractivity contribution >= 4 is 23.2 Å². The smallest absolute Gasteiger partial charge is 0.274 e. The van der Waals surface area contributed by atoms with E-state index in [0.717, 1.165) is 24.5 Å². The van der Waals surface area contributed by atoms with Gasteiger partial charge in [-0.2, -0.15) is 0 Å². The Morgan fingerprint density at radius 1 is 1.16 bits per heavy atom. The van der Waals surface area contributed by atoms with Gasteiger partial charge >= 0.3 is 0 Å². The van der Waals surface area contributed by atoms with Gasteiger partial charge in [-0.25, -0.2) is 9.97 Å². The van der Waals surface area contributed by atoms with Gasteiger partial charge in [-0.15, -0.1) is 0 Å². The average molecular weight is 343 g/mol. The lowest BCUT2D eigenvalue weighted by Gasteiger charge is -2.21. The molecule has 0 spiro atoms. The number of amides is 1. The number of rotatable bonds is 9. The zero-order chi connectivity index (χ0) is 18.1. The topological polar surface area (TPSA) is 79.4 Å². The van der Waals surface area contributed by atoms with Gasteiger partial charge in [0.25, 0.3) is 5.91 Å². The van der Waals surface area contributed by atoms with Gasteiger partial charge in [0.2, 0.25) is 5.95 Å². The third-order valence-electron chi connectivity index (χ3n) is 3.73. The van der Waals surface area contributed by atoms with E-state index >= 15 is 0 Å². The molecule has 1 aromatic heterocycles. The van der Waals surface area contributed by atoms with E-state index in [1.165, 1.54) is 0 Å². The number of ether oxygens (including phenoxy) is 1. The Morgan fingerprint density at radius 2 is 1.88 bits per heavy atom. The maximum absolute atomic E-state index is 12.4. The molecule has 1 aromatic carbocycles. The first-order valence-corrected chi connectivity index (χ1v) is 8.40. The molecule has 2 rings (SSSR count). The molecule has 0 aliphatic rings. The van der Waals surface area contributed by atoms with Gasteiger partial charge in [-0.1, -0.05) is 0 Å². The van der Waals surface area contributed by atoms with Crippen molar-refractivity contribution in [2.24, 2.45) is 0 Å². The van der Waals surface area contributed by atoms with Gasteiger partial charge in [-0.3, -0.25) is 4.79 Å². The van der Waals surface area contributed by atoms with Crippen molar-refractivity contribution in [1.29, 1.82) is 0 Å². The Kier molecular flexibility index (Phi) is 7.16. The van der Waals surface area contributed by atoms with Crippen LogP contribution in [0.4, 0.5) is 17.3 Å². The quantitative estimate of drug-likeness (QED) is 0.682. The first-order valence-electron chi connectivity index (χ1n) is 8.40. The number of hydrogen-bond donors (Lipinski definition) is 2. The van der Waals surface area contributed by atoms with Crippen LogP contribution < -0.4 is 15.5 Å². The highest BCUT2D eigenvalue weighted by Crippen LogP contribution is 2.18. The Hall–Kier alpha value is -2.67. The van der Waals surface area contributed by atoms with E-state index in [1.807, 2.05) is 24.3 Å². The monoisotopic (exact) mass is 343 g/mol. The minimum atomic E-state index is -0.271. The van der Waals surface area contributed by atoms with Crippen LogP contribution in [0.5, 0.6) is 0 Å². The van der Waals surface area contributed by atoms with Crippen molar-refractivity contribution in [3.8, 4) is 0 Å². The van der Waals surface area contributed by atoms with E-state index in [-0.39, 0.29) is 5.91 Å². The van der Waals surface area contributed by atoms with Crippen LogP contribution in [-0.4, -0.2) is 49.2 Å². The van der Waals surface area contributed by atoms with Crippen molar-refractivity contribution in [2.75, 3.05) is 48.9 Å². The predicted octanol–water partition coefficient (Wildman–Crippen LogP) is 2.63. The highest BCUT2D eigenvalue weighted by atomic mass is 16.5. The Labute approximate surface area is 148 Å². The molecule has 7 heteroatoms. The number of anilines is 3. The molecule has 1 heterocycles. The molecule has 0 fully saturated rings. The summed E-state index contributed by atoms with van der Waals surface area (Å²) in [4.78, 5) is 22.9. The van der Waals surface area contributed by atoms with Crippen LogP contribution >= 0.6 is 0 Å². The maximum Gasteiger partial charge on any atom is 0.274 e. The second-order valence-electron chi connectivity index (χ2n) is 5.36. The summed E-state index contributed by atoms with van der Waals surface area (Å²) in [6, 6.07) is 9.37. The molecule has 0 atom stereocenters. The van der Waals surface area contributed by atoms with Crippen LogP contribution in [0.1, 0.15) is 24.3 Å². The molecule has 25 heavy (non-hydrogen) atoms. The predicted molar refractivity (Wildman–Crippen MR) is 100 cm³/mol. The third kappa shape index (κ3) is 5.42. The number of benzene rings is 1. The highest BCUT2D eigenvalue weighted by Gasteiger charge is 2.10. The molecule has 2 aromatic rings. The molecule has 0 radical (unpaired) electrons. The number of methoxy groups -OCH3 is 1. The van der Waals surface area contributed by atoms with E-state index in [0.29, 0.717) is 24.8 Å². The third-order valence-corrected chi connectivity index (χ3v) is 3.73. The second kappa shape index (κ2) is 9.58. The van der Waals surface area contributed by atoms with Crippen LogP contribution in [0.3, 0.4) is 0 Å². The lowest BCUT2D eigenvalue weighted by Crippen LogP contribution is -2.21. The SMILES string of the molecule is CCN(CC)c1ccc(NC(=O)c2ccnc(NCCOC)n2)cc1. The van der Waals surface area contributed by atoms with Gasteiger partial charge in [0.15, 0.2) is 0 Å². The fraction of sp³-hybridized carbons (Fsp3) is 0.389. The largest absolute Gasteiger partial charge is 0.383 e. The lowest BCUT2D eigenvalue weighted by molar-refractivity contribution is 0.102. The minimum absolute atomic E-state index is 0.271. The summed E-state index contributed by atoms with van der Waals surface area (Å²) >= 11 is 0. The second-order valence-corrected chi connectivity index (χ2v) is 5.36. The number of nitrogens with zero attached hydrogens (tertiary/aromatic N) is 3. The normalized spacial score (nSPS) is 10.4. The van der Waals surface area contributed by atoms with Crippen molar-refractivity contribution in [2.45, 2.75) is 13.8 Å². The molecule has 0 unspecified atom stereocenters. The highest BCUT2D eigenvalue weighted by molar-refractivity contribution is 6.03. The van der Waals surface area contributed by atoms with Crippen molar-refractivity contribution in [3.63, 3.8) is 0 Å².